The van der Waals surface area contributed by atoms with Gasteiger partial charge in [0.15, 0.2) is 6.04 Å². The Morgan fingerprint density at radius 2 is 1.65 bits per heavy atom. The summed E-state index contributed by atoms with van der Waals surface area (Å²) in [5, 5.41) is 1.50. The van der Waals surface area contributed by atoms with Crippen molar-refractivity contribution >= 4 is 17.7 Å². The second-order valence-electron chi connectivity index (χ2n) is 3.77. The van der Waals surface area contributed by atoms with Crippen LogP contribution in [0.5, 0.6) is 0 Å². The number of likely N-dealkylation sites (N-methyl/N-ethyl adjacent to an activating group) is 1. The molecular formula is C10H11F5N2O3. The van der Waals surface area contributed by atoms with Crippen LogP contribution in [0.25, 0.3) is 0 Å². The van der Waals surface area contributed by atoms with Gasteiger partial charge in [0.1, 0.15) is 0 Å². The highest BCUT2D eigenvalue weighted by atomic mass is 19.4. The summed E-state index contributed by atoms with van der Waals surface area (Å²) >= 11 is 0. The summed E-state index contributed by atoms with van der Waals surface area (Å²) in [7, 11) is 0.389. The van der Waals surface area contributed by atoms with E-state index in [9.17, 15) is 36.3 Å². The van der Waals surface area contributed by atoms with Crippen LogP contribution in [0.1, 0.15) is 6.92 Å². The molecule has 0 spiro atoms. The first kappa shape index (κ1) is 18.0. The summed E-state index contributed by atoms with van der Waals surface area (Å²) < 4.78 is 61.5. The number of nitrogens with zero attached hydrogens (tertiary/aromatic N) is 1. The molecule has 0 saturated heterocycles. The molecule has 114 valence electrons. The van der Waals surface area contributed by atoms with Gasteiger partial charge in [0.05, 0.1) is 0 Å². The van der Waals surface area contributed by atoms with Crippen molar-refractivity contribution in [1.29, 1.82) is 0 Å². The van der Waals surface area contributed by atoms with E-state index in [2.05, 4.69) is 6.58 Å². The van der Waals surface area contributed by atoms with E-state index in [1.165, 1.54) is 5.32 Å². The maximum Gasteiger partial charge on any atom is 0.471 e. The van der Waals surface area contributed by atoms with Crippen LogP contribution in [0.15, 0.2) is 12.2 Å². The number of amides is 3. The summed E-state index contributed by atoms with van der Waals surface area (Å²) in [6, 6.07) is -2.57. The number of hydrogen-bond acceptors (Lipinski definition) is 3. The molecule has 0 heterocycles. The third kappa shape index (κ3) is 4.59. The van der Waals surface area contributed by atoms with E-state index in [-0.39, 0.29) is 5.57 Å². The SMILES string of the molecule is C=C(C)C(=O)NC(C(=O)N(C)C(=O)C(F)(F)F)C(F)F. The third-order valence-corrected chi connectivity index (χ3v) is 2.07. The number of hydrogen-bond donors (Lipinski definition) is 1. The van der Waals surface area contributed by atoms with Gasteiger partial charge in [-0.15, -0.1) is 0 Å². The van der Waals surface area contributed by atoms with Crippen molar-refractivity contribution < 1.29 is 36.3 Å². The van der Waals surface area contributed by atoms with Crippen LogP contribution in [0, 0.1) is 0 Å². The summed E-state index contributed by atoms with van der Waals surface area (Å²) in [6.45, 7) is 4.26. The molecule has 0 aliphatic carbocycles. The second kappa shape index (κ2) is 6.44. The highest BCUT2D eigenvalue weighted by molar-refractivity contribution is 6.02. The van der Waals surface area contributed by atoms with E-state index in [1.54, 1.807) is 0 Å². The van der Waals surface area contributed by atoms with Gasteiger partial charge in [-0.1, -0.05) is 6.58 Å². The first-order valence-electron chi connectivity index (χ1n) is 5.02. The van der Waals surface area contributed by atoms with Gasteiger partial charge in [-0.05, 0) is 6.92 Å². The zero-order valence-corrected chi connectivity index (χ0v) is 10.4. The Kier molecular flexibility index (Phi) is 5.79. The van der Waals surface area contributed by atoms with Crippen molar-refractivity contribution in [2.75, 3.05) is 7.05 Å². The molecule has 0 fully saturated rings. The molecule has 0 aliphatic rings. The van der Waals surface area contributed by atoms with Crippen LogP contribution < -0.4 is 5.32 Å². The van der Waals surface area contributed by atoms with Crippen molar-refractivity contribution in [1.82, 2.24) is 10.2 Å². The first-order valence-corrected chi connectivity index (χ1v) is 5.02. The molecule has 0 aromatic carbocycles. The lowest BCUT2D eigenvalue weighted by atomic mass is 10.2. The molecule has 0 radical (unpaired) electrons. The third-order valence-electron chi connectivity index (χ3n) is 2.07. The summed E-state index contributed by atoms with van der Waals surface area (Å²) in [5.74, 6) is -5.63. The van der Waals surface area contributed by atoms with Crippen LogP contribution in [-0.4, -0.2) is 48.3 Å². The Hall–Kier alpha value is -2.00. The Morgan fingerprint density at radius 1 is 1.20 bits per heavy atom. The molecule has 0 bridgehead atoms. The molecule has 0 rings (SSSR count). The monoisotopic (exact) mass is 302 g/mol. The minimum atomic E-state index is -5.39. The molecular weight excluding hydrogens is 291 g/mol. The fraction of sp³-hybridized carbons (Fsp3) is 0.500. The van der Waals surface area contributed by atoms with E-state index in [4.69, 9.17) is 0 Å². The lowest BCUT2D eigenvalue weighted by Crippen LogP contribution is -2.55. The molecule has 0 saturated carbocycles. The Morgan fingerprint density at radius 3 is 1.95 bits per heavy atom. The lowest BCUT2D eigenvalue weighted by Gasteiger charge is -2.23. The van der Waals surface area contributed by atoms with Crippen LogP contribution >= 0.6 is 0 Å². The maximum absolute atomic E-state index is 12.6. The zero-order chi connectivity index (χ0) is 16.2. The van der Waals surface area contributed by atoms with Crippen molar-refractivity contribution in [3.63, 3.8) is 0 Å². The second-order valence-corrected chi connectivity index (χ2v) is 3.77. The molecule has 1 N–H and O–H groups in total. The number of imide groups is 1. The predicted octanol–water partition coefficient (Wildman–Crippen LogP) is 0.860. The average molecular weight is 302 g/mol. The van der Waals surface area contributed by atoms with Crippen molar-refractivity contribution in [3.8, 4) is 0 Å². The number of nitrogens with one attached hydrogen (secondary N) is 1. The van der Waals surface area contributed by atoms with Crippen LogP contribution in [0.3, 0.4) is 0 Å². The standard InChI is InChI=1S/C10H11F5N2O3/c1-4(2)7(18)16-5(6(11)12)8(19)17(3)9(20)10(13,14)15/h5-6H,1H2,2-3H3,(H,16,18). The average Bonchev–Trinajstić information content (AvgIpc) is 2.31. The molecule has 10 heteroatoms. The molecule has 5 nitrogen and oxygen atoms in total. The van der Waals surface area contributed by atoms with E-state index in [1.807, 2.05) is 0 Å². The smallest absolute Gasteiger partial charge is 0.336 e. The van der Waals surface area contributed by atoms with Crippen LogP contribution in [-0.2, 0) is 14.4 Å². The molecule has 1 unspecified atom stereocenters. The van der Waals surface area contributed by atoms with E-state index in [0.29, 0.717) is 7.05 Å². The largest absolute Gasteiger partial charge is 0.471 e. The van der Waals surface area contributed by atoms with E-state index >= 15 is 0 Å². The van der Waals surface area contributed by atoms with Crippen LogP contribution in [0.2, 0.25) is 0 Å². The van der Waals surface area contributed by atoms with Gasteiger partial charge >= 0.3 is 12.1 Å². The normalized spacial score (nSPS) is 12.8. The van der Waals surface area contributed by atoms with E-state index < -0.39 is 41.3 Å². The zero-order valence-electron chi connectivity index (χ0n) is 10.4. The maximum atomic E-state index is 12.6. The van der Waals surface area contributed by atoms with Crippen molar-refractivity contribution in [2.24, 2.45) is 0 Å². The number of alkyl halides is 5. The predicted molar refractivity (Wildman–Crippen MR) is 56.6 cm³/mol. The highest BCUT2D eigenvalue weighted by Gasteiger charge is 2.46. The molecule has 1 atom stereocenters. The Balaban J connectivity index is 5.13. The molecule has 20 heavy (non-hydrogen) atoms. The summed E-state index contributed by atoms with van der Waals surface area (Å²) in [6.07, 6.45) is -8.88. The highest BCUT2D eigenvalue weighted by Crippen LogP contribution is 2.18. The topological polar surface area (TPSA) is 66.5 Å². The van der Waals surface area contributed by atoms with Gasteiger partial charge in [-0.3, -0.25) is 19.3 Å². The molecule has 0 aliphatic heterocycles. The number of halogens is 5. The molecule has 0 aromatic rings. The Labute approximate surface area is 110 Å². The number of rotatable bonds is 4. The van der Waals surface area contributed by atoms with Gasteiger partial charge in [-0.2, -0.15) is 13.2 Å². The van der Waals surface area contributed by atoms with Gasteiger partial charge < -0.3 is 5.32 Å². The first-order chi connectivity index (χ1) is 8.89. The summed E-state index contributed by atoms with van der Waals surface area (Å²) in [4.78, 5) is 32.8. The van der Waals surface area contributed by atoms with Crippen molar-refractivity contribution in [3.05, 3.63) is 12.2 Å². The minimum Gasteiger partial charge on any atom is -0.336 e. The fourth-order valence-corrected chi connectivity index (χ4v) is 0.996. The van der Waals surface area contributed by atoms with Gasteiger partial charge in [-0.25, -0.2) is 8.78 Å². The number of carbonyl (C=O) groups excluding carboxylic acids is 3. The Bertz CT molecular complexity index is 433. The quantitative estimate of drug-likeness (QED) is 0.619. The van der Waals surface area contributed by atoms with E-state index in [0.717, 1.165) is 6.92 Å². The van der Waals surface area contributed by atoms with Crippen molar-refractivity contribution in [2.45, 2.75) is 25.6 Å². The lowest BCUT2D eigenvalue weighted by molar-refractivity contribution is -0.187. The van der Waals surface area contributed by atoms with Gasteiger partial charge in [0.25, 0.3) is 12.3 Å². The van der Waals surface area contributed by atoms with Gasteiger partial charge in [0, 0.05) is 12.6 Å². The van der Waals surface area contributed by atoms with Crippen LogP contribution in [0.4, 0.5) is 22.0 Å². The van der Waals surface area contributed by atoms with Gasteiger partial charge in [0.2, 0.25) is 5.91 Å². The summed E-state index contributed by atoms with van der Waals surface area (Å²) in [5.41, 5.74) is -0.228. The number of carbonyl (C=O) groups is 3. The fourth-order valence-electron chi connectivity index (χ4n) is 0.996. The molecule has 3 amide bonds. The minimum absolute atomic E-state index is 0.228. The molecule has 0 aromatic heterocycles.